The minimum absolute atomic E-state index is 0.0208. The van der Waals surface area contributed by atoms with E-state index in [1.54, 1.807) is 0 Å². The first-order chi connectivity index (χ1) is 10.4. The van der Waals surface area contributed by atoms with E-state index in [2.05, 4.69) is 0 Å². The number of piperazine rings is 1. The highest BCUT2D eigenvalue weighted by atomic mass is 19.2. The molecule has 120 valence electrons. The molecule has 2 amide bonds. The summed E-state index contributed by atoms with van der Waals surface area (Å²) < 4.78 is 26.7. The Kier molecular flexibility index (Phi) is 5.07. The van der Waals surface area contributed by atoms with Gasteiger partial charge in [-0.05, 0) is 13.0 Å². The summed E-state index contributed by atoms with van der Waals surface area (Å²) in [5, 5.41) is 9.25. The summed E-state index contributed by atoms with van der Waals surface area (Å²) in [6.45, 7) is 2.66. The monoisotopic (exact) mass is 312 g/mol. The van der Waals surface area contributed by atoms with E-state index < -0.39 is 17.7 Å². The zero-order valence-electron chi connectivity index (χ0n) is 12.3. The van der Waals surface area contributed by atoms with Crippen molar-refractivity contribution in [3.8, 4) is 0 Å². The van der Waals surface area contributed by atoms with Gasteiger partial charge in [-0.25, -0.2) is 8.78 Å². The number of halogens is 2. The molecule has 7 heteroatoms. The van der Waals surface area contributed by atoms with Crippen molar-refractivity contribution in [2.75, 3.05) is 26.2 Å². The van der Waals surface area contributed by atoms with E-state index in [1.165, 1.54) is 28.9 Å². The van der Waals surface area contributed by atoms with Crippen molar-refractivity contribution in [1.82, 2.24) is 9.80 Å². The number of benzene rings is 1. The molecule has 1 aliphatic heterocycles. The molecule has 1 atom stereocenters. The second-order valence-electron chi connectivity index (χ2n) is 5.27. The highest BCUT2D eigenvalue weighted by Gasteiger charge is 2.26. The Hall–Kier alpha value is -2.02. The Balaban J connectivity index is 1.93. The van der Waals surface area contributed by atoms with Crippen LogP contribution in [-0.2, 0) is 16.0 Å². The van der Waals surface area contributed by atoms with E-state index in [1.807, 2.05) is 0 Å². The van der Waals surface area contributed by atoms with Gasteiger partial charge in [0.05, 0.1) is 6.42 Å². The van der Waals surface area contributed by atoms with Crippen LogP contribution in [0, 0.1) is 11.6 Å². The van der Waals surface area contributed by atoms with E-state index in [4.69, 9.17) is 0 Å². The third kappa shape index (κ3) is 3.59. The third-order valence-electron chi connectivity index (χ3n) is 3.67. The van der Waals surface area contributed by atoms with Crippen molar-refractivity contribution < 1.29 is 23.5 Å². The molecule has 0 radical (unpaired) electrons. The van der Waals surface area contributed by atoms with Gasteiger partial charge in [-0.1, -0.05) is 12.1 Å². The van der Waals surface area contributed by atoms with Crippen LogP contribution in [0.15, 0.2) is 18.2 Å². The fourth-order valence-electron chi connectivity index (χ4n) is 2.40. The Bertz CT molecular complexity index is 570. The molecule has 1 saturated heterocycles. The lowest BCUT2D eigenvalue weighted by atomic mass is 10.1. The van der Waals surface area contributed by atoms with Crippen molar-refractivity contribution in [3.05, 3.63) is 35.4 Å². The fraction of sp³-hybridized carbons (Fsp3) is 0.467. The lowest BCUT2D eigenvalue weighted by Gasteiger charge is -2.35. The van der Waals surface area contributed by atoms with E-state index >= 15 is 0 Å². The summed E-state index contributed by atoms with van der Waals surface area (Å²) in [5.41, 5.74) is 0.0208. The Morgan fingerprint density at radius 1 is 1.18 bits per heavy atom. The maximum atomic E-state index is 13.6. The largest absolute Gasteiger partial charge is 0.384 e. The average molecular weight is 312 g/mol. The van der Waals surface area contributed by atoms with Gasteiger partial charge < -0.3 is 14.9 Å². The molecule has 0 aliphatic carbocycles. The molecule has 1 N–H and O–H groups in total. The standard InChI is InChI=1S/C15H18F2N2O3/c1-10(20)15(22)19-7-5-18(6-8-19)13(21)9-11-3-2-4-12(16)14(11)17/h2-4,10,20H,5-9H2,1H3. The first-order valence-corrected chi connectivity index (χ1v) is 7.07. The van der Waals surface area contributed by atoms with Crippen molar-refractivity contribution >= 4 is 11.8 Å². The van der Waals surface area contributed by atoms with Gasteiger partial charge in [-0.3, -0.25) is 9.59 Å². The minimum Gasteiger partial charge on any atom is -0.384 e. The van der Waals surface area contributed by atoms with E-state index in [9.17, 15) is 23.5 Å². The first kappa shape index (κ1) is 16.4. The van der Waals surface area contributed by atoms with Crippen molar-refractivity contribution in [2.45, 2.75) is 19.4 Å². The number of rotatable bonds is 3. The number of hydrogen-bond acceptors (Lipinski definition) is 3. The molecule has 1 aromatic carbocycles. The van der Waals surface area contributed by atoms with Gasteiger partial charge in [0.25, 0.3) is 5.91 Å². The number of aliphatic hydroxyl groups excluding tert-OH is 1. The summed E-state index contributed by atoms with van der Waals surface area (Å²) in [7, 11) is 0. The minimum atomic E-state index is -1.07. The maximum Gasteiger partial charge on any atom is 0.251 e. The van der Waals surface area contributed by atoms with Gasteiger partial charge in [-0.15, -0.1) is 0 Å². The fourth-order valence-corrected chi connectivity index (χ4v) is 2.40. The van der Waals surface area contributed by atoms with E-state index in [0.717, 1.165) is 6.07 Å². The van der Waals surface area contributed by atoms with Crippen molar-refractivity contribution in [3.63, 3.8) is 0 Å². The first-order valence-electron chi connectivity index (χ1n) is 7.07. The number of nitrogens with zero attached hydrogens (tertiary/aromatic N) is 2. The van der Waals surface area contributed by atoms with Gasteiger partial charge in [-0.2, -0.15) is 0 Å². The van der Waals surface area contributed by atoms with Crippen LogP contribution in [0.25, 0.3) is 0 Å². The van der Waals surface area contributed by atoms with Gasteiger partial charge in [0.1, 0.15) is 6.10 Å². The lowest BCUT2D eigenvalue weighted by molar-refractivity contribution is -0.144. The normalized spacial score (nSPS) is 16.5. The SMILES string of the molecule is CC(O)C(=O)N1CCN(C(=O)Cc2cccc(F)c2F)CC1. The molecule has 5 nitrogen and oxygen atoms in total. The predicted octanol–water partition coefficient (Wildman–Crippen LogP) is 0.559. The summed E-state index contributed by atoms with van der Waals surface area (Å²) in [4.78, 5) is 26.7. The molecule has 0 bridgehead atoms. The van der Waals surface area contributed by atoms with Gasteiger partial charge in [0.2, 0.25) is 5.91 Å². The Labute approximate surface area is 127 Å². The average Bonchev–Trinajstić information content (AvgIpc) is 2.51. The van der Waals surface area contributed by atoms with Crippen molar-refractivity contribution in [2.24, 2.45) is 0 Å². The summed E-state index contributed by atoms with van der Waals surface area (Å²) in [6.07, 6.45) is -1.28. The number of hydrogen-bond donors (Lipinski definition) is 1. The van der Waals surface area contributed by atoms with Gasteiger partial charge in [0, 0.05) is 31.7 Å². The number of carbonyl (C=O) groups excluding carboxylic acids is 2. The molecule has 1 aliphatic rings. The third-order valence-corrected chi connectivity index (χ3v) is 3.67. The lowest BCUT2D eigenvalue weighted by Crippen LogP contribution is -2.52. The van der Waals surface area contributed by atoms with Crippen LogP contribution in [-0.4, -0.2) is 59.0 Å². The number of carbonyl (C=O) groups is 2. The molecule has 22 heavy (non-hydrogen) atoms. The molecule has 1 aromatic rings. The van der Waals surface area contributed by atoms with Gasteiger partial charge >= 0.3 is 0 Å². The maximum absolute atomic E-state index is 13.6. The zero-order valence-corrected chi connectivity index (χ0v) is 12.3. The van der Waals surface area contributed by atoms with Crippen LogP contribution < -0.4 is 0 Å². The summed E-state index contributed by atoms with van der Waals surface area (Å²) >= 11 is 0. The second kappa shape index (κ2) is 6.83. The highest BCUT2D eigenvalue weighted by molar-refractivity contribution is 5.81. The quantitative estimate of drug-likeness (QED) is 0.887. The molecule has 0 aromatic heterocycles. The number of aliphatic hydroxyl groups is 1. The van der Waals surface area contributed by atoms with Crippen LogP contribution in [0.1, 0.15) is 12.5 Å². The van der Waals surface area contributed by atoms with Gasteiger partial charge in [0.15, 0.2) is 11.6 Å². The number of amides is 2. The van der Waals surface area contributed by atoms with Crippen molar-refractivity contribution in [1.29, 1.82) is 0 Å². The molecular weight excluding hydrogens is 294 g/mol. The van der Waals surface area contributed by atoms with Crippen LogP contribution in [0.5, 0.6) is 0 Å². The predicted molar refractivity (Wildman–Crippen MR) is 74.9 cm³/mol. The second-order valence-corrected chi connectivity index (χ2v) is 5.27. The van der Waals surface area contributed by atoms with E-state index in [-0.39, 0.29) is 23.8 Å². The topological polar surface area (TPSA) is 60.9 Å². The molecule has 2 rings (SSSR count). The van der Waals surface area contributed by atoms with Crippen LogP contribution in [0.3, 0.4) is 0 Å². The molecular formula is C15H18F2N2O3. The smallest absolute Gasteiger partial charge is 0.251 e. The van der Waals surface area contributed by atoms with E-state index in [0.29, 0.717) is 26.2 Å². The molecule has 0 spiro atoms. The Morgan fingerprint density at radius 2 is 1.77 bits per heavy atom. The summed E-state index contributed by atoms with van der Waals surface area (Å²) in [6, 6.07) is 3.74. The van der Waals surface area contributed by atoms with Crippen LogP contribution >= 0.6 is 0 Å². The Morgan fingerprint density at radius 3 is 2.36 bits per heavy atom. The molecule has 1 unspecified atom stereocenters. The highest BCUT2D eigenvalue weighted by Crippen LogP contribution is 2.14. The zero-order chi connectivity index (χ0) is 16.3. The van der Waals surface area contributed by atoms with Crippen LogP contribution in [0.4, 0.5) is 8.78 Å². The summed E-state index contributed by atoms with van der Waals surface area (Å²) in [5.74, 6) is -2.66. The molecule has 1 fully saturated rings. The van der Waals surface area contributed by atoms with Crippen LogP contribution in [0.2, 0.25) is 0 Å². The molecule has 1 heterocycles. The molecule has 0 saturated carbocycles.